The number of nitrogens with two attached hydrogens (primary N) is 1. The lowest BCUT2D eigenvalue weighted by atomic mass is 10.2. The van der Waals surface area contributed by atoms with E-state index in [4.69, 9.17) is 5.73 Å². The number of aryl methyl sites for hydroxylation is 1. The molecule has 0 spiro atoms. The van der Waals surface area contributed by atoms with Gasteiger partial charge in [0.1, 0.15) is 5.00 Å². The highest BCUT2D eigenvalue weighted by Gasteiger charge is 2.37. The lowest BCUT2D eigenvalue weighted by Gasteiger charge is -1.96. The number of aromatic nitrogens is 3. The first-order chi connectivity index (χ1) is 7.39. The third-order valence-corrected chi connectivity index (χ3v) is 2.55. The number of rotatable bonds is 1. The smallest absolute Gasteiger partial charge is 0.389 e. The van der Waals surface area contributed by atoms with Crippen LogP contribution >= 0.6 is 11.5 Å². The number of halogens is 3. The molecule has 0 atom stereocenters. The van der Waals surface area contributed by atoms with Gasteiger partial charge in [-0.2, -0.15) is 22.5 Å². The van der Waals surface area contributed by atoms with Crippen molar-refractivity contribution in [3.63, 3.8) is 0 Å². The molecule has 0 amide bonds. The summed E-state index contributed by atoms with van der Waals surface area (Å²) in [5.74, 6) is -1.59. The van der Waals surface area contributed by atoms with Gasteiger partial charge in [0, 0.05) is 0 Å². The van der Waals surface area contributed by atoms with Crippen molar-refractivity contribution in [1.29, 1.82) is 0 Å². The number of alkyl halides is 3. The van der Waals surface area contributed by atoms with Crippen molar-refractivity contribution in [2.75, 3.05) is 5.73 Å². The SMILES string of the molecule is Cc1nsc(N)c1-c1nc(C(F)(F)F)no1. The highest BCUT2D eigenvalue weighted by molar-refractivity contribution is 7.10. The maximum atomic E-state index is 12.2. The Balaban J connectivity index is 2.47. The molecule has 2 heterocycles. The molecule has 2 N–H and O–H groups in total. The molecule has 2 aromatic rings. The zero-order chi connectivity index (χ0) is 11.9. The first-order valence-corrected chi connectivity index (χ1v) is 4.80. The van der Waals surface area contributed by atoms with E-state index in [0.29, 0.717) is 5.69 Å². The molecular formula is C7H5F3N4OS. The van der Waals surface area contributed by atoms with Crippen LogP contribution in [0.5, 0.6) is 0 Å². The van der Waals surface area contributed by atoms with Gasteiger partial charge >= 0.3 is 6.18 Å². The lowest BCUT2D eigenvalue weighted by Crippen LogP contribution is -2.07. The largest absolute Gasteiger partial charge is 0.455 e. The van der Waals surface area contributed by atoms with E-state index in [0.717, 1.165) is 11.5 Å². The molecule has 0 aliphatic heterocycles. The zero-order valence-electron chi connectivity index (χ0n) is 7.87. The van der Waals surface area contributed by atoms with Crippen molar-refractivity contribution in [2.45, 2.75) is 13.1 Å². The maximum absolute atomic E-state index is 12.2. The Hall–Kier alpha value is -1.64. The average Bonchev–Trinajstić information content (AvgIpc) is 2.72. The fourth-order valence-electron chi connectivity index (χ4n) is 1.09. The lowest BCUT2D eigenvalue weighted by molar-refractivity contribution is -0.146. The van der Waals surface area contributed by atoms with Gasteiger partial charge in [0.05, 0.1) is 11.3 Å². The molecule has 2 aromatic heterocycles. The minimum absolute atomic E-state index is 0.245. The molecule has 5 nitrogen and oxygen atoms in total. The predicted octanol–water partition coefficient (Wildman–Crippen LogP) is 2.10. The van der Waals surface area contributed by atoms with Crippen molar-refractivity contribution < 1.29 is 17.7 Å². The Morgan fingerprint density at radius 2 is 2.06 bits per heavy atom. The van der Waals surface area contributed by atoms with Crippen molar-refractivity contribution in [3.8, 4) is 11.5 Å². The zero-order valence-corrected chi connectivity index (χ0v) is 8.69. The molecule has 0 fully saturated rings. The first-order valence-electron chi connectivity index (χ1n) is 4.02. The average molecular weight is 250 g/mol. The van der Waals surface area contributed by atoms with Crippen LogP contribution in [0, 0.1) is 6.92 Å². The van der Waals surface area contributed by atoms with Gasteiger partial charge in [-0.05, 0) is 18.5 Å². The van der Waals surface area contributed by atoms with Gasteiger partial charge in [-0.3, -0.25) is 0 Å². The number of hydrogen-bond donors (Lipinski definition) is 1. The standard InChI is InChI=1S/C7H5F3N4OS/c1-2-3(4(11)16-14-2)5-12-6(13-15-5)7(8,9)10/h11H2,1H3. The number of anilines is 1. The summed E-state index contributed by atoms with van der Waals surface area (Å²) in [4.78, 5) is 3.23. The van der Waals surface area contributed by atoms with Gasteiger partial charge in [0.2, 0.25) is 0 Å². The van der Waals surface area contributed by atoms with E-state index in [1.165, 1.54) is 0 Å². The van der Waals surface area contributed by atoms with Crippen LogP contribution < -0.4 is 5.73 Å². The molecule has 2 rings (SSSR count). The Morgan fingerprint density at radius 3 is 2.50 bits per heavy atom. The maximum Gasteiger partial charge on any atom is 0.455 e. The molecule has 0 bridgehead atoms. The van der Waals surface area contributed by atoms with Crippen molar-refractivity contribution >= 4 is 16.5 Å². The Labute approximate surface area is 91.2 Å². The van der Waals surface area contributed by atoms with Crippen LogP contribution in [0.2, 0.25) is 0 Å². The van der Waals surface area contributed by atoms with Crippen LogP contribution in [0.15, 0.2) is 4.52 Å². The normalized spacial score (nSPS) is 12.0. The molecular weight excluding hydrogens is 245 g/mol. The van der Waals surface area contributed by atoms with E-state index in [2.05, 4.69) is 19.0 Å². The van der Waals surface area contributed by atoms with Gasteiger partial charge in [-0.15, -0.1) is 0 Å². The summed E-state index contributed by atoms with van der Waals surface area (Å²) in [5, 5.41) is 3.08. The molecule has 9 heteroatoms. The van der Waals surface area contributed by atoms with Crippen LogP contribution in [0.1, 0.15) is 11.5 Å². The summed E-state index contributed by atoms with van der Waals surface area (Å²) < 4.78 is 45.0. The molecule has 0 saturated heterocycles. The number of nitrogen functional groups attached to an aromatic ring is 1. The van der Waals surface area contributed by atoms with Crippen LogP contribution in [0.3, 0.4) is 0 Å². The highest BCUT2D eigenvalue weighted by Crippen LogP contribution is 2.33. The molecule has 0 radical (unpaired) electrons. The van der Waals surface area contributed by atoms with E-state index in [-0.39, 0.29) is 16.5 Å². The van der Waals surface area contributed by atoms with Gasteiger partial charge < -0.3 is 10.3 Å². The summed E-state index contributed by atoms with van der Waals surface area (Å²) >= 11 is 0.961. The van der Waals surface area contributed by atoms with E-state index in [1.807, 2.05) is 0 Å². The predicted molar refractivity (Wildman–Crippen MR) is 49.6 cm³/mol. The van der Waals surface area contributed by atoms with Crippen molar-refractivity contribution in [3.05, 3.63) is 11.5 Å². The molecule has 86 valence electrons. The summed E-state index contributed by atoms with van der Waals surface area (Å²) in [6.07, 6.45) is -4.63. The second-order valence-corrected chi connectivity index (χ2v) is 3.73. The Morgan fingerprint density at radius 1 is 1.38 bits per heavy atom. The van der Waals surface area contributed by atoms with Gasteiger partial charge in [0.15, 0.2) is 0 Å². The van der Waals surface area contributed by atoms with Gasteiger partial charge in [-0.1, -0.05) is 5.16 Å². The van der Waals surface area contributed by atoms with E-state index in [1.54, 1.807) is 6.92 Å². The van der Waals surface area contributed by atoms with Gasteiger partial charge in [-0.25, -0.2) is 0 Å². The van der Waals surface area contributed by atoms with Crippen molar-refractivity contribution in [2.24, 2.45) is 0 Å². The first kappa shape index (κ1) is 10.9. The molecule has 0 saturated carbocycles. The van der Waals surface area contributed by atoms with Crippen LogP contribution in [0.4, 0.5) is 18.2 Å². The van der Waals surface area contributed by atoms with Crippen LogP contribution in [0.25, 0.3) is 11.5 Å². The van der Waals surface area contributed by atoms with E-state index >= 15 is 0 Å². The fraction of sp³-hybridized carbons (Fsp3) is 0.286. The van der Waals surface area contributed by atoms with Gasteiger partial charge in [0.25, 0.3) is 11.7 Å². The third-order valence-electron chi connectivity index (χ3n) is 1.78. The summed E-state index contributed by atoms with van der Waals surface area (Å²) in [6.45, 7) is 1.60. The molecule has 0 unspecified atom stereocenters. The summed E-state index contributed by atoms with van der Waals surface area (Å²) in [7, 11) is 0. The van der Waals surface area contributed by atoms with Crippen LogP contribution in [-0.2, 0) is 6.18 Å². The topological polar surface area (TPSA) is 77.8 Å². The number of hydrogen-bond acceptors (Lipinski definition) is 6. The minimum Gasteiger partial charge on any atom is -0.389 e. The molecule has 16 heavy (non-hydrogen) atoms. The summed E-state index contributed by atoms with van der Waals surface area (Å²) in [6, 6.07) is 0. The number of nitrogens with zero attached hydrogens (tertiary/aromatic N) is 3. The van der Waals surface area contributed by atoms with E-state index < -0.39 is 12.0 Å². The molecule has 0 aliphatic carbocycles. The minimum atomic E-state index is -4.63. The second-order valence-electron chi connectivity index (χ2n) is 2.93. The molecule has 0 aliphatic rings. The van der Waals surface area contributed by atoms with E-state index in [9.17, 15) is 13.2 Å². The Bertz CT molecular complexity index is 498. The second kappa shape index (κ2) is 3.44. The quantitative estimate of drug-likeness (QED) is 0.838. The monoisotopic (exact) mass is 250 g/mol. The third kappa shape index (κ3) is 1.73. The molecule has 0 aromatic carbocycles. The van der Waals surface area contributed by atoms with Crippen LogP contribution in [-0.4, -0.2) is 14.5 Å². The fourth-order valence-corrected chi connectivity index (χ4v) is 1.74. The van der Waals surface area contributed by atoms with Crippen molar-refractivity contribution in [1.82, 2.24) is 14.5 Å². The highest BCUT2D eigenvalue weighted by atomic mass is 32.1. The summed E-state index contributed by atoms with van der Waals surface area (Å²) in [5.41, 5.74) is 6.25. The Kier molecular flexibility index (Phi) is 2.34.